The summed E-state index contributed by atoms with van der Waals surface area (Å²) in [6.45, 7) is 5.11. The van der Waals surface area contributed by atoms with Crippen molar-refractivity contribution in [3.8, 4) is 40.3 Å². The zero-order chi connectivity index (χ0) is 24.3. The van der Waals surface area contributed by atoms with Gasteiger partial charge in [-0.2, -0.15) is 4.98 Å². The van der Waals surface area contributed by atoms with Gasteiger partial charge in [-0.15, -0.1) is 5.10 Å². The monoisotopic (exact) mass is 463 g/mol. The van der Waals surface area contributed by atoms with Gasteiger partial charge in [-0.25, -0.2) is 9.37 Å². The number of H-pyrrole nitrogens is 1. The average molecular weight is 463 g/mol. The molecule has 2 N–H and O–H groups in total. The Morgan fingerprint density at radius 1 is 1.12 bits per heavy atom. The Morgan fingerprint density at radius 2 is 1.88 bits per heavy atom. The van der Waals surface area contributed by atoms with Crippen molar-refractivity contribution in [1.82, 2.24) is 25.1 Å². The number of carboxylic acid groups (broad SMARTS) is 1. The summed E-state index contributed by atoms with van der Waals surface area (Å²) in [5, 5.41) is 16.0. The number of aromatic amines is 1. The molecule has 0 bridgehead atoms. The van der Waals surface area contributed by atoms with Crippen molar-refractivity contribution in [2.75, 3.05) is 6.61 Å². The quantitative estimate of drug-likeness (QED) is 0.387. The van der Waals surface area contributed by atoms with Gasteiger partial charge in [-0.3, -0.25) is 14.9 Å². The molecular formula is C24H22FN5O4. The molecule has 10 heteroatoms. The molecule has 0 amide bonds. The molecule has 0 spiro atoms. The van der Waals surface area contributed by atoms with Crippen LogP contribution in [0.5, 0.6) is 17.6 Å². The number of benzene rings is 1. The van der Waals surface area contributed by atoms with Crippen LogP contribution >= 0.6 is 0 Å². The number of hydrogen-bond donors (Lipinski definition) is 2. The maximum absolute atomic E-state index is 13.0. The normalized spacial score (nSPS) is 11.3. The van der Waals surface area contributed by atoms with Crippen molar-refractivity contribution in [1.29, 1.82) is 0 Å². The van der Waals surface area contributed by atoms with Crippen LogP contribution in [0.3, 0.4) is 0 Å². The Bertz CT molecular complexity index is 1300. The molecule has 0 saturated carbocycles. The summed E-state index contributed by atoms with van der Waals surface area (Å²) in [5.74, 6) is -0.106. The smallest absolute Gasteiger partial charge is 0.341 e. The number of ether oxygens (including phenoxy) is 2. The number of aromatic nitrogens is 5. The Kier molecular flexibility index (Phi) is 6.22. The summed E-state index contributed by atoms with van der Waals surface area (Å²) in [5.41, 5.74) is 2.16. The second-order valence-electron chi connectivity index (χ2n) is 8.27. The van der Waals surface area contributed by atoms with Gasteiger partial charge in [0.2, 0.25) is 5.88 Å². The molecule has 34 heavy (non-hydrogen) atoms. The lowest BCUT2D eigenvalue weighted by Crippen LogP contribution is -2.30. The van der Waals surface area contributed by atoms with E-state index in [9.17, 15) is 14.3 Å². The van der Waals surface area contributed by atoms with Crippen LogP contribution in [0.4, 0.5) is 4.39 Å². The maximum Gasteiger partial charge on any atom is 0.341 e. The van der Waals surface area contributed by atoms with Crippen LogP contribution in [0.15, 0.2) is 54.9 Å². The minimum atomic E-state index is -1.02. The summed E-state index contributed by atoms with van der Waals surface area (Å²) in [6.07, 6.45) is 3.36. The highest BCUT2D eigenvalue weighted by atomic mass is 19.1. The zero-order valence-electron chi connectivity index (χ0n) is 18.7. The lowest BCUT2D eigenvalue weighted by molar-refractivity contribution is -0.148. The summed E-state index contributed by atoms with van der Waals surface area (Å²) in [4.78, 5) is 24.2. The van der Waals surface area contributed by atoms with E-state index in [4.69, 9.17) is 9.47 Å². The molecule has 0 fully saturated rings. The molecule has 0 aliphatic carbocycles. The topological polar surface area (TPSA) is 123 Å². The number of pyridine rings is 2. The third-order valence-electron chi connectivity index (χ3n) is 5.05. The Balaban J connectivity index is 1.45. The van der Waals surface area contributed by atoms with E-state index in [0.29, 0.717) is 23.1 Å². The van der Waals surface area contributed by atoms with Gasteiger partial charge < -0.3 is 14.6 Å². The Hall–Kier alpha value is -4.34. The fourth-order valence-corrected chi connectivity index (χ4v) is 2.94. The Labute approximate surface area is 194 Å². The van der Waals surface area contributed by atoms with Crippen molar-refractivity contribution in [3.63, 3.8) is 0 Å². The first-order valence-electron chi connectivity index (χ1n) is 10.4. The number of hydrogen-bond acceptors (Lipinski definition) is 7. The first kappa shape index (κ1) is 22.8. The summed E-state index contributed by atoms with van der Waals surface area (Å²) in [7, 11) is 0. The van der Waals surface area contributed by atoms with Gasteiger partial charge in [0.05, 0.1) is 5.41 Å². The highest BCUT2D eigenvalue weighted by Crippen LogP contribution is 2.27. The number of carboxylic acids is 1. The third kappa shape index (κ3) is 5.17. The molecule has 174 valence electrons. The molecule has 0 saturated heterocycles. The number of nitrogens with zero attached hydrogens (tertiary/aromatic N) is 4. The first-order valence-corrected chi connectivity index (χ1v) is 10.4. The van der Waals surface area contributed by atoms with Crippen LogP contribution in [-0.4, -0.2) is 42.8 Å². The van der Waals surface area contributed by atoms with Crippen molar-refractivity contribution < 1.29 is 23.8 Å². The highest BCUT2D eigenvalue weighted by Gasteiger charge is 2.28. The second kappa shape index (κ2) is 9.26. The SMILES string of the molecule is Cc1cc(OCC(C)(C)C(=O)O)ncc1-c1ccc(-c2nc(Oc3ccc(F)cc3)n[nH]2)nc1. The van der Waals surface area contributed by atoms with Crippen molar-refractivity contribution in [2.45, 2.75) is 20.8 Å². The van der Waals surface area contributed by atoms with Crippen LogP contribution in [0.2, 0.25) is 0 Å². The van der Waals surface area contributed by atoms with E-state index in [1.165, 1.54) is 24.3 Å². The molecule has 9 nitrogen and oxygen atoms in total. The average Bonchev–Trinajstić information content (AvgIpc) is 3.28. The zero-order valence-corrected chi connectivity index (χ0v) is 18.7. The number of nitrogens with one attached hydrogen (secondary N) is 1. The van der Waals surface area contributed by atoms with Crippen molar-refractivity contribution >= 4 is 5.97 Å². The predicted molar refractivity (Wildman–Crippen MR) is 121 cm³/mol. The van der Waals surface area contributed by atoms with E-state index in [1.54, 1.807) is 38.4 Å². The second-order valence-corrected chi connectivity index (χ2v) is 8.27. The van der Waals surface area contributed by atoms with Gasteiger partial charge in [0.1, 0.15) is 23.9 Å². The third-order valence-corrected chi connectivity index (χ3v) is 5.05. The van der Waals surface area contributed by atoms with E-state index in [2.05, 4.69) is 25.1 Å². The molecule has 0 aliphatic heterocycles. The summed E-state index contributed by atoms with van der Waals surface area (Å²) >= 11 is 0. The van der Waals surface area contributed by atoms with Crippen LogP contribution in [0.1, 0.15) is 19.4 Å². The molecule has 3 heterocycles. The van der Waals surface area contributed by atoms with E-state index >= 15 is 0 Å². The number of halogens is 1. The van der Waals surface area contributed by atoms with Crippen LogP contribution in [0.25, 0.3) is 22.6 Å². The first-order chi connectivity index (χ1) is 16.2. The lowest BCUT2D eigenvalue weighted by Gasteiger charge is -2.19. The molecule has 1 aromatic carbocycles. The molecule has 4 rings (SSSR count). The van der Waals surface area contributed by atoms with Gasteiger partial charge in [0.15, 0.2) is 5.82 Å². The number of aliphatic carboxylic acids is 1. The molecule has 0 radical (unpaired) electrons. The molecule has 4 aromatic rings. The van der Waals surface area contributed by atoms with Gasteiger partial charge in [-0.1, -0.05) is 6.07 Å². The molecule has 3 aromatic heterocycles. The standard InChI is InChI=1S/C24H22FN5O4/c1-14-10-20(33-13-24(2,3)22(31)32)27-12-18(14)15-4-9-19(26-11-15)21-28-23(30-29-21)34-17-7-5-16(25)6-8-17/h4-12H,13H2,1-3H3,(H,31,32)(H,28,29,30). The van der Waals surface area contributed by atoms with Crippen LogP contribution in [-0.2, 0) is 4.79 Å². The minimum Gasteiger partial charge on any atom is -0.481 e. The summed E-state index contributed by atoms with van der Waals surface area (Å²) in [6, 6.07) is 11.1. The fraction of sp³-hybridized carbons (Fsp3) is 0.208. The highest BCUT2D eigenvalue weighted by molar-refractivity contribution is 5.73. The molecule has 0 atom stereocenters. The molecule has 0 unspecified atom stereocenters. The largest absolute Gasteiger partial charge is 0.481 e. The van der Waals surface area contributed by atoms with Gasteiger partial charge in [-0.05, 0) is 56.7 Å². The van der Waals surface area contributed by atoms with Gasteiger partial charge >= 0.3 is 12.0 Å². The Morgan fingerprint density at radius 3 is 2.53 bits per heavy atom. The summed E-state index contributed by atoms with van der Waals surface area (Å²) < 4.78 is 24.1. The van der Waals surface area contributed by atoms with E-state index in [0.717, 1.165) is 16.7 Å². The number of carbonyl (C=O) groups is 1. The van der Waals surface area contributed by atoms with E-state index < -0.39 is 11.4 Å². The van der Waals surface area contributed by atoms with Crippen LogP contribution < -0.4 is 9.47 Å². The van der Waals surface area contributed by atoms with Crippen molar-refractivity contribution in [2.24, 2.45) is 5.41 Å². The fourth-order valence-electron chi connectivity index (χ4n) is 2.94. The van der Waals surface area contributed by atoms with E-state index in [-0.39, 0.29) is 18.4 Å². The van der Waals surface area contributed by atoms with Gasteiger partial charge in [0.25, 0.3) is 0 Å². The molecule has 0 aliphatic rings. The van der Waals surface area contributed by atoms with Crippen LogP contribution in [0, 0.1) is 18.2 Å². The number of rotatable bonds is 8. The van der Waals surface area contributed by atoms with Gasteiger partial charge in [0, 0.05) is 29.6 Å². The van der Waals surface area contributed by atoms with Crippen molar-refractivity contribution in [3.05, 3.63) is 66.2 Å². The predicted octanol–water partition coefficient (Wildman–Crippen LogP) is 4.66. The minimum absolute atomic E-state index is 0.00835. The lowest BCUT2D eigenvalue weighted by atomic mass is 9.95. The number of aryl methyl sites for hydroxylation is 1. The maximum atomic E-state index is 13.0. The van der Waals surface area contributed by atoms with E-state index in [1.807, 2.05) is 13.0 Å². The molecular weight excluding hydrogens is 441 g/mol.